The second kappa shape index (κ2) is 9.46. The Balaban J connectivity index is 1.46. The molecule has 2 N–H and O–H groups in total. The van der Waals surface area contributed by atoms with Crippen molar-refractivity contribution < 1.29 is 17.2 Å². The average Bonchev–Trinajstić information content (AvgIpc) is 3.14. The molecule has 4 aromatic rings. The van der Waals surface area contributed by atoms with Gasteiger partial charge in [-0.3, -0.25) is 0 Å². The zero-order valence-corrected chi connectivity index (χ0v) is 18.7. The van der Waals surface area contributed by atoms with Crippen LogP contribution in [0.15, 0.2) is 59.6 Å². The smallest absolute Gasteiger partial charge is 0.240 e. The van der Waals surface area contributed by atoms with Gasteiger partial charge in [0, 0.05) is 42.0 Å². The number of rotatable bonds is 8. The van der Waals surface area contributed by atoms with Crippen LogP contribution in [0.5, 0.6) is 0 Å². The molecule has 2 aromatic heterocycles. The molecule has 2 heterocycles. The highest BCUT2D eigenvalue weighted by atomic mass is 35.5. The quantitative estimate of drug-likeness (QED) is 0.295. The van der Waals surface area contributed by atoms with Crippen molar-refractivity contribution in [3.63, 3.8) is 0 Å². The monoisotopic (exact) mass is 487 g/mol. The lowest BCUT2D eigenvalue weighted by Gasteiger charge is -2.12. The first-order valence-electron chi connectivity index (χ1n) is 9.83. The fourth-order valence-corrected chi connectivity index (χ4v) is 4.54. The van der Waals surface area contributed by atoms with E-state index >= 15 is 0 Å². The number of hydrogen-bond donors (Lipinski definition) is 2. The molecular formula is C21H17BClF2N5O2S. The number of hydrogen-bond acceptors (Lipinski definition) is 5. The van der Waals surface area contributed by atoms with Gasteiger partial charge in [-0.25, -0.2) is 26.9 Å². The summed E-state index contributed by atoms with van der Waals surface area (Å²) in [6.45, 7) is 0.404. The molecule has 0 fully saturated rings. The first-order valence-corrected chi connectivity index (χ1v) is 11.7. The zero-order valence-electron chi connectivity index (χ0n) is 17.1. The first kappa shape index (κ1) is 23.2. The minimum absolute atomic E-state index is 0.0420. The third kappa shape index (κ3) is 5.16. The molecule has 0 saturated heterocycles. The Kier molecular flexibility index (Phi) is 6.64. The van der Waals surface area contributed by atoms with Gasteiger partial charge < -0.3 is 5.32 Å². The van der Waals surface area contributed by atoms with Crippen LogP contribution in [-0.2, 0) is 10.0 Å². The molecule has 2 radical (unpaired) electrons. The van der Waals surface area contributed by atoms with Crippen LogP contribution in [0.3, 0.4) is 0 Å². The number of nitrogens with zero attached hydrogens (tertiary/aromatic N) is 3. The fraction of sp³-hybridized carbons (Fsp3) is 0.143. The van der Waals surface area contributed by atoms with Gasteiger partial charge in [-0.05, 0) is 30.1 Å². The lowest BCUT2D eigenvalue weighted by Crippen LogP contribution is -2.26. The summed E-state index contributed by atoms with van der Waals surface area (Å²) in [6, 6.07) is 11.1. The van der Waals surface area contributed by atoms with Crippen LogP contribution in [0.2, 0.25) is 5.02 Å². The Morgan fingerprint density at radius 3 is 2.52 bits per heavy atom. The molecule has 2 aromatic carbocycles. The van der Waals surface area contributed by atoms with E-state index in [9.17, 15) is 17.2 Å². The highest BCUT2D eigenvalue weighted by Gasteiger charge is 2.16. The highest BCUT2D eigenvalue weighted by molar-refractivity contribution is 7.89. The van der Waals surface area contributed by atoms with Gasteiger partial charge in [0.1, 0.15) is 25.3 Å². The number of sulfonamides is 1. The summed E-state index contributed by atoms with van der Waals surface area (Å²) in [5, 5.41) is 7.93. The number of nitrogens with one attached hydrogen (secondary N) is 2. The van der Waals surface area contributed by atoms with Crippen molar-refractivity contribution in [3.05, 3.63) is 71.4 Å². The van der Waals surface area contributed by atoms with Gasteiger partial charge in [0.05, 0.1) is 10.6 Å². The van der Waals surface area contributed by atoms with E-state index < -0.39 is 26.6 Å². The molecule has 0 unspecified atom stereocenters. The molecule has 0 bridgehead atoms. The van der Waals surface area contributed by atoms with Crippen molar-refractivity contribution in [2.24, 2.45) is 0 Å². The van der Waals surface area contributed by atoms with Crippen molar-refractivity contribution in [2.45, 2.75) is 11.3 Å². The third-order valence-corrected chi connectivity index (χ3v) is 6.52. The molecular weight excluding hydrogens is 471 g/mol. The molecule has 0 atom stereocenters. The van der Waals surface area contributed by atoms with Crippen LogP contribution in [0.4, 0.5) is 14.6 Å². The molecule has 12 heteroatoms. The summed E-state index contributed by atoms with van der Waals surface area (Å²) in [7, 11) is 1.95. The normalized spacial score (nSPS) is 11.7. The summed E-state index contributed by atoms with van der Waals surface area (Å²) < 4.78 is 55.1. The Hall–Kier alpha value is -3.02. The number of anilines is 1. The molecule has 0 spiro atoms. The van der Waals surface area contributed by atoms with Crippen LogP contribution in [0, 0.1) is 11.6 Å². The van der Waals surface area contributed by atoms with E-state index in [0.717, 1.165) is 17.7 Å². The Morgan fingerprint density at radius 2 is 1.79 bits per heavy atom. The maximum Gasteiger partial charge on any atom is 0.240 e. The SMILES string of the molecule is [B]c1cnn2c(NCCCNS(=O)(=O)c3cc(F)cc(F)c3)cc(-c3ccccc3Cl)nc12. The van der Waals surface area contributed by atoms with Gasteiger partial charge in [-0.15, -0.1) is 0 Å². The Labute approximate surface area is 195 Å². The summed E-state index contributed by atoms with van der Waals surface area (Å²) in [6.07, 6.45) is 1.86. The molecule has 33 heavy (non-hydrogen) atoms. The lowest BCUT2D eigenvalue weighted by atomic mass is 10.0. The van der Waals surface area contributed by atoms with Gasteiger partial charge in [0.25, 0.3) is 0 Å². The topological polar surface area (TPSA) is 88.4 Å². The molecule has 0 amide bonds. The molecule has 0 aliphatic heterocycles. The molecule has 7 nitrogen and oxygen atoms in total. The van der Waals surface area contributed by atoms with E-state index in [1.165, 1.54) is 10.7 Å². The van der Waals surface area contributed by atoms with Crippen molar-refractivity contribution in [3.8, 4) is 11.3 Å². The second-order valence-electron chi connectivity index (χ2n) is 7.13. The summed E-state index contributed by atoms with van der Waals surface area (Å²) in [4.78, 5) is 4.08. The molecule has 168 valence electrons. The van der Waals surface area contributed by atoms with Gasteiger partial charge >= 0.3 is 0 Å². The molecule has 0 aliphatic rings. The third-order valence-electron chi connectivity index (χ3n) is 4.75. The summed E-state index contributed by atoms with van der Waals surface area (Å²) in [5.41, 5.74) is 2.16. The van der Waals surface area contributed by atoms with Crippen molar-refractivity contribution >= 4 is 46.4 Å². The summed E-state index contributed by atoms with van der Waals surface area (Å²) >= 11 is 6.31. The van der Waals surface area contributed by atoms with E-state index in [1.807, 2.05) is 18.2 Å². The Morgan fingerprint density at radius 1 is 1.06 bits per heavy atom. The minimum Gasteiger partial charge on any atom is -0.370 e. The zero-order chi connectivity index (χ0) is 23.6. The van der Waals surface area contributed by atoms with Crippen LogP contribution in [0.1, 0.15) is 6.42 Å². The van der Waals surface area contributed by atoms with Crippen molar-refractivity contribution in [1.82, 2.24) is 19.3 Å². The molecule has 0 saturated carbocycles. The largest absolute Gasteiger partial charge is 0.370 e. The van der Waals surface area contributed by atoms with E-state index in [2.05, 4.69) is 20.1 Å². The van der Waals surface area contributed by atoms with Crippen LogP contribution < -0.4 is 15.5 Å². The van der Waals surface area contributed by atoms with Gasteiger partial charge in [-0.1, -0.05) is 29.8 Å². The number of benzene rings is 2. The molecule has 4 rings (SSSR count). The van der Waals surface area contributed by atoms with Crippen LogP contribution in [0.25, 0.3) is 16.9 Å². The fourth-order valence-electron chi connectivity index (χ4n) is 3.19. The van der Waals surface area contributed by atoms with Crippen molar-refractivity contribution in [2.75, 3.05) is 18.4 Å². The maximum absolute atomic E-state index is 13.3. The average molecular weight is 488 g/mol. The maximum atomic E-state index is 13.3. The lowest BCUT2D eigenvalue weighted by molar-refractivity contribution is 0.560. The molecule has 0 aliphatic carbocycles. The van der Waals surface area contributed by atoms with Gasteiger partial charge in [0.15, 0.2) is 5.65 Å². The number of fused-ring (bicyclic) bond motifs is 1. The summed E-state index contributed by atoms with van der Waals surface area (Å²) in [5.74, 6) is -1.35. The van der Waals surface area contributed by atoms with E-state index in [0.29, 0.717) is 46.7 Å². The standard InChI is InChI=1S/C21H17BClF2N5O2S/c22-17-12-27-30-20(11-19(29-21(17)30)16-4-1-2-5-18(16)23)26-6-3-7-28-33(31,32)15-9-13(24)8-14(25)10-15/h1-2,4-5,8-12,26,28H,3,6-7H2. The highest BCUT2D eigenvalue weighted by Crippen LogP contribution is 2.28. The van der Waals surface area contributed by atoms with Gasteiger partial charge in [-0.2, -0.15) is 9.61 Å². The first-order chi connectivity index (χ1) is 15.7. The predicted octanol–water partition coefficient (Wildman–Crippen LogP) is 2.90. The van der Waals surface area contributed by atoms with Gasteiger partial charge in [0.2, 0.25) is 10.0 Å². The van der Waals surface area contributed by atoms with E-state index in [-0.39, 0.29) is 6.54 Å². The number of halogens is 3. The van der Waals surface area contributed by atoms with Crippen LogP contribution in [-0.4, -0.2) is 44.0 Å². The minimum atomic E-state index is -4.05. The Bertz CT molecular complexity index is 1410. The van der Waals surface area contributed by atoms with Crippen LogP contribution >= 0.6 is 11.6 Å². The van der Waals surface area contributed by atoms with E-state index in [4.69, 9.17) is 19.4 Å². The predicted molar refractivity (Wildman–Crippen MR) is 123 cm³/mol. The second-order valence-corrected chi connectivity index (χ2v) is 9.30. The number of aromatic nitrogens is 3. The van der Waals surface area contributed by atoms with Crippen molar-refractivity contribution in [1.29, 1.82) is 0 Å². The van der Waals surface area contributed by atoms with E-state index in [1.54, 1.807) is 12.1 Å².